The number of methoxy groups -OCH3 is 1. The van der Waals surface area contributed by atoms with Crippen LogP contribution >= 0.6 is 35.0 Å². The van der Waals surface area contributed by atoms with Gasteiger partial charge in [-0.2, -0.15) is 0 Å². The number of rotatable bonds is 6. The normalized spacial score (nSPS) is 11.0. The van der Waals surface area contributed by atoms with Crippen molar-refractivity contribution in [2.45, 2.75) is 18.0 Å². The maximum absolute atomic E-state index is 6.29. The molecule has 1 aromatic carbocycles. The number of ether oxygens (including phenoxy) is 1. The highest BCUT2D eigenvalue weighted by atomic mass is 35.5. The maximum Gasteiger partial charge on any atom is 0.195 e. The Hall–Kier alpha value is -0.750. The van der Waals surface area contributed by atoms with Gasteiger partial charge in [-0.1, -0.05) is 35.0 Å². The van der Waals surface area contributed by atoms with Crippen LogP contribution in [0.15, 0.2) is 23.4 Å². The van der Waals surface area contributed by atoms with Crippen molar-refractivity contribution in [3.63, 3.8) is 0 Å². The molecule has 0 aliphatic carbocycles. The lowest BCUT2D eigenvalue weighted by atomic mass is 10.2. The molecule has 0 bridgehead atoms. The number of thioether (sulfide) groups is 1. The largest absolute Gasteiger partial charge is 0.385 e. The Bertz CT molecular complexity index is 589. The van der Waals surface area contributed by atoms with Crippen molar-refractivity contribution in [3.8, 4) is 5.69 Å². The van der Waals surface area contributed by atoms with E-state index < -0.39 is 0 Å². The zero-order chi connectivity index (χ0) is 14.5. The van der Waals surface area contributed by atoms with Crippen LogP contribution < -0.4 is 0 Å². The molecule has 0 saturated heterocycles. The van der Waals surface area contributed by atoms with E-state index in [0.29, 0.717) is 16.7 Å². The molecule has 2 rings (SSSR count). The summed E-state index contributed by atoms with van der Waals surface area (Å²) in [6.45, 7) is 0.690. The zero-order valence-corrected chi connectivity index (χ0v) is 13.6. The number of aryl methyl sites for hydroxylation is 1. The first-order valence-electron chi connectivity index (χ1n) is 6.10. The third-order valence-electron chi connectivity index (χ3n) is 2.78. The number of halogens is 2. The maximum atomic E-state index is 6.29. The highest BCUT2D eigenvalue weighted by Crippen LogP contribution is 2.28. The van der Waals surface area contributed by atoms with E-state index in [9.17, 15) is 0 Å². The predicted octanol–water partition coefficient (Wildman–Crippen LogP) is 3.88. The first kappa shape index (κ1) is 15.6. The van der Waals surface area contributed by atoms with Crippen molar-refractivity contribution in [2.75, 3.05) is 20.0 Å². The van der Waals surface area contributed by atoms with E-state index in [4.69, 9.17) is 27.9 Å². The van der Waals surface area contributed by atoms with Crippen molar-refractivity contribution in [3.05, 3.63) is 34.1 Å². The average Bonchev–Trinajstić information content (AvgIpc) is 2.82. The van der Waals surface area contributed by atoms with Gasteiger partial charge in [-0.25, -0.2) is 0 Å². The molecule has 0 fully saturated rings. The number of hydrogen-bond donors (Lipinski definition) is 0. The molecule has 0 N–H and O–H groups in total. The molecule has 0 unspecified atom stereocenters. The van der Waals surface area contributed by atoms with Crippen LogP contribution in [0, 0.1) is 0 Å². The van der Waals surface area contributed by atoms with Gasteiger partial charge in [0.2, 0.25) is 0 Å². The Balaban J connectivity index is 2.39. The Morgan fingerprint density at radius 3 is 2.75 bits per heavy atom. The Morgan fingerprint density at radius 1 is 1.30 bits per heavy atom. The van der Waals surface area contributed by atoms with E-state index >= 15 is 0 Å². The van der Waals surface area contributed by atoms with Gasteiger partial charge < -0.3 is 4.74 Å². The van der Waals surface area contributed by atoms with E-state index in [1.54, 1.807) is 13.2 Å². The summed E-state index contributed by atoms with van der Waals surface area (Å²) < 4.78 is 7.05. The lowest BCUT2D eigenvalue weighted by Gasteiger charge is -2.11. The summed E-state index contributed by atoms with van der Waals surface area (Å²) in [4.78, 5) is 0. The van der Waals surface area contributed by atoms with Gasteiger partial charge in [-0.15, -0.1) is 10.2 Å². The Morgan fingerprint density at radius 2 is 2.10 bits per heavy atom. The molecule has 1 heterocycles. The van der Waals surface area contributed by atoms with Gasteiger partial charge in [-0.05, 0) is 30.9 Å². The van der Waals surface area contributed by atoms with Crippen molar-refractivity contribution in [1.29, 1.82) is 0 Å². The smallest absolute Gasteiger partial charge is 0.195 e. The van der Waals surface area contributed by atoms with Gasteiger partial charge in [0, 0.05) is 25.2 Å². The molecule has 108 valence electrons. The molecule has 20 heavy (non-hydrogen) atoms. The average molecular weight is 332 g/mol. The fourth-order valence-corrected chi connectivity index (χ4v) is 2.88. The summed E-state index contributed by atoms with van der Waals surface area (Å²) in [5, 5.41) is 10.4. The fraction of sp³-hybridized carbons (Fsp3) is 0.385. The standard InChI is InChI=1S/C13H15Cl2N3OS/c1-19-7-3-4-12-16-17-13(20-2)18(12)11-6-5-9(14)8-10(11)15/h5-6,8H,3-4,7H2,1-2H3. The highest BCUT2D eigenvalue weighted by molar-refractivity contribution is 7.98. The van der Waals surface area contributed by atoms with Gasteiger partial charge in [0.1, 0.15) is 5.82 Å². The third-order valence-corrected chi connectivity index (χ3v) is 3.95. The molecule has 0 amide bonds. The molecule has 4 nitrogen and oxygen atoms in total. The SMILES string of the molecule is COCCCc1nnc(SC)n1-c1ccc(Cl)cc1Cl. The summed E-state index contributed by atoms with van der Waals surface area (Å²) in [6.07, 6.45) is 3.62. The zero-order valence-electron chi connectivity index (χ0n) is 11.3. The van der Waals surface area contributed by atoms with Crippen LogP contribution in [0.25, 0.3) is 5.69 Å². The van der Waals surface area contributed by atoms with Crippen molar-refractivity contribution in [2.24, 2.45) is 0 Å². The lowest BCUT2D eigenvalue weighted by Crippen LogP contribution is -2.05. The van der Waals surface area contributed by atoms with Gasteiger partial charge in [0.15, 0.2) is 5.16 Å². The van der Waals surface area contributed by atoms with Crippen molar-refractivity contribution in [1.82, 2.24) is 14.8 Å². The molecule has 0 aliphatic rings. The van der Waals surface area contributed by atoms with Gasteiger partial charge in [-0.3, -0.25) is 4.57 Å². The molecular formula is C13H15Cl2N3OS. The van der Waals surface area contributed by atoms with E-state index in [0.717, 1.165) is 29.5 Å². The van der Waals surface area contributed by atoms with E-state index in [2.05, 4.69) is 10.2 Å². The quantitative estimate of drug-likeness (QED) is 0.595. The summed E-state index contributed by atoms with van der Waals surface area (Å²) in [5.74, 6) is 0.871. The number of nitrogens with zero attached hydrogens (tertiary/aromatic N) is 3. The molecular weight excluding hydrogens is 317 g/mol. The molecule has 0 spiro atoms. The second-order valence-electron chi connectivity index (χ2n) is 4.13. The van der Waals surface area contributed by atoms with Crippen LogP contribution in [0.3, 0.4) is 0 Å². The van der Waals surface area contributed by atoms with E-state index in [1.807, 2.05) is 23.0 Å². The van der Waals surface area contributed by atoms with Crippen LogP contribution in [0.2, 0.25) is 10.0 Å². The van der Waals surface area contributed by atoms with Crippen LogP contribution in [-0.4, -0.2) is 34.7 Å². The number of benzene rings is 1. The van der Waals surface area contributed by atoms with E-state index in [-0.39, 0.29) is 0 Å². The van der Waals surface area contributed by atoms with Crippen LogP contribution in [0.4, 0.5) is 0 Å². The Labute approximate surface area is 132 Å². The molecule has 0 atom stereocenters. The predicted molar refractivity (Wildman–Crippen MR) is 83.4 cm³/mol. The second-order valence-corrected chi connectivity index (χ2v) is 5.75. The molecule has 0 aliphatic heterocycles. The summed E-state index contributed by atoms with van der Waals surface area (Å²) in [7, 11) is 1.69. The van der Waals surface area contributed by atoms with Gasteiger partial charge in [0.25, 0.3) is 0 Å². The summed E-state index contributed by atoms with van der Waals surface area (Å²) >= 11 is 13.8. The minimum absolute atomic E-state index is 0.584. The van der Waals surface area contributed by atoms with Crippen molar-refractivity contribution < 1.29 is 4.74 Å². The number of aromatic nitrogens is 3. The van der Waals surface area contributed by atoms with Crippen LogP contribution in [-0.2, 0) is 11.2 Å². The molecule has 7 heteroatoms. The van der Waals surface area contributed by atoms with Gasteiger partial charge >= 0.3 is 0 Å². The first-order chi connectivity index (χ1) is 9.67. The summed E-state index contributed by atoms with van der Waals surface area (Å²) in [6, 6.07) is 5.42. The number of hydrogen-bond acceptors (Lipinski definition) is 4. The van der Waals surface area contributed by atoms with Crippen molar-refractivity contribution >= 4 is 35.0 Å². The van der Waals surface area contributed by atoms with E-state index in [1.165, 1.54) is 11.8 Å². The van der Waals surface area contributed by atoms with Crippen LogP contribution in [0.5, 0.6) is 0 Å². The molecule has 1 aromatic heterocycles. The third kappa shape index (κ3) is 3.47. The molecule has 0 saturated carbocycles. The summed E-state index contributed by atoms with van der Waals surface area (Å²) in [5.41, 5.74) is 0.845. The van der Waals surface area contributed by atoms with Crippen LogP contribution in [0.1, 0.15) is 12.2 Å². The lowest BCUT2D eigenvalue weighted by molar-refractivity contribution is 0.194. The second kappa shape index (κ2) is 7.31. The molecule has 0 radical (unpaired) electrons. The fourth-order valence-electron chi connectivity index (χ4n) is 1.87. The van der Waals surface area contributed by atoms with Gasteiger partial charge in [0.05, 0.1) is 10.7 Å². The monoisotopic (exact) mass is 331 g/mol. The Kier molecular flexibility index (Phi) is 5.72. The highest BCUT2D eigenvalue weighted by Gasteiger charge is 2.15. The minimum atomic E-state index is 0.584. The molecule has 2 aromatic rings. The topological polar surface area (TPSA) is 39.9 Å². The minimum Gasteiger partial charge on any atom is -0.385 e. The first-order valence-corrected chi connectivity index (χ1v) is 8.08.